The van der Waals surface area contributed by atoms with E-state index in [1.165, 1.54) is 83.5 Å². The van der Waals surface area contributed by atoms with Crippen LogP contribution < -0.4 is 31.9 Å². The normalized spacial score (nSPS) is 26.7. The van der Waals surface area contributed by atoms with E-state index in [-0.39, 0.29) is 13.0 Å². The molecule has 0 spiro atoms. The summed E-state index contributed by atoms with van der Waals surface area (Å²) in [5, 5.41) is 37.5. The van der Waals surface area contributed by atoms with Crippen molar-refractivity contribution < 1.29 is 53.3 Å². The van der Waals surface area contributed by atoms with Crippen LogP contribution in [-0.2, 0) is 43.1 Å². The largest absolute Gasteiger partial charge is 0.460 e. The average Bonchev–Trinajstić information content (AvgIpc) is 3.80. The lowest BCUT2D eigenvalue weighted by atomic mass is 9.96. The average molecular weight is 992 g/mol. The number of aliphatic hydroxyl groups excluding tert-OH is 2. The zero-order valence-corrected chi connectivity index (χ0v) is 44.4. The Labute approximate surface area is 418 Å². The Hall–Kier alpha value is -4.32. The van der Waals surface area contributed by atoms with Gasteiger partial charge in [0.25, 0.3) is 0 Å². The van der Waals surface area contributed by atoms with E-state index in [2.05, 4.69) is 38.8 Å². The van der Waals surface area contributed by atoms with Crippen LogP contribution in [0.2, 0.25) is 0 Å². The van der Waals surface area contributed by atoms with E-state index in [0.29, 0.717) is 25.7 Å². The summed E-state index contributed by atoms with van der Waals surface area (Å²) in [6.07, 6.45) is 14.2. The van der Waals surface area contributed by atoms with Crippen molar-refractivity contribution in [1.82, 2.24) is 36.8 Å². The number of amides is 7. The van der Waals surface area contributed by atoms with Gasteiger partial charge in [-0.05, 0) is 64.2 Å². The van der Waals surface area contributed by atoms with Gasteiger partial charge in [0.1, 0.15) is 42.4 Å². The van der Waals surface area contributed by atoms with Gasteiger partial charge in [-0.3, -0.25) is 33.6 Å². The fourth-order valence-corrected chi connectivity index (χ4v) is 9.07. The number of carbonyl (C=O) groups is 8. The molecule has 0 bridgehead atoms. The van der Waals surface area contributed by atoms with Crippen LogP contribution in [0.15, 0.2) is 0 Å². The van der Waals surface area contributed by atoms with E-state index in [4.69, 9.17) is 4.74 Å². The van der Waals surface area contributed by atoms with E-state index in [9.17, 15) is 48.6 Å². The number of rotatable bonds is 22. The van der Waals surface area contributed by atoms with E-state index in [1.807, 2.05) is 6.92 Å². The van der Waals surface area contributed by atoms with Gasteiger partial charge < -0.3 is 51.8 Å². The molecule has 2 aliphatic rings. The molecular formula is C52H93N7O11. The number of carbonyl (C=O) groups excluding carboxylic acids is 8. The van der Waals surface area contributed by atoms with Gasteiger partial charge in [-0.1, -0.05) is 145 Å². The van der Waals surface area contributed by atoms with E-state index < -0.39 is 132 Å². The lowest BCUT2D eigenvalue weighted by molar-refractivity contribution is -0.158. The molecule has 18 nitrogen and oxygen atoms in total. The molecule has 2 rings (SSSR count). The van der Waals surface area contributed by atoms with Crippen molar-refractivity contribution >= 4 is 47.3 Å². The maximum atomic E-state index is 14.1. The van der Waals surface area contributed by atoms with Crippen molar-refractivity contribution in [3.63, 3.8) is 0 Å². The number of nitrogens with one attached hydrogen (secondary N) is 6. The zero-order chi connectivity index (χ0) is 52.5. The molecule has 2 saturated heterocycles. The first kappa shape index (κ1) is 61.8. The molecule has 18 heteroatoms. The van der Waals surface area contributed by atoms with Gasteiger partial charge in [-0.15, -0.1) is 0 Å². The molecule has 7 amide bonds. The summed E-state index contributed by atoms with van der Waals surface area (Å²) in [6, 6.07) is -8.80. The standard InChI is InChI=1S/C52H93N7O11/c1-11-13-14-15-16-17-18-19-20-21-22-23-24-25-26-28-38-31-40(62)54-44(36(9)60)50(67)56-41(32(3)4)47(64)53-35(8)51(68)59-30-27-29-39(59)46(63)57-43(34(7)12-2)49(66)55-42(33(5)6)48(65)58-45(37(10)61)52(69)70-38/h32-39,41-45,60-61H,11-31H2,1-10H3,(H,53,64)(H,54,62)(H,55,66)(H,56,67)(H,57,63)(H,58,65). The van der Waals surface area contributed by atoms with Crippen molar-refractivity contribution in [2.45, 2.75) is 258 Å². The van der Waals surface area contributed by atoms with Gasteiger partial charge in [0.15, 0.2) is 6.04 Å². The maximum Gasteiger partial charge on any atom is 0.331 e. The van der Waals surface area contributed by atoms with Crippen LogP contribution in [0.5, 0.6) is 0 Å². The molecule has 8 N–H and O–H groups in total. The third-order valence-corrected chi connectivity index (χ3v) is 13.8. The van der Waals surface area contributed by atoms with E-state index >= 15 is 0 Å². The van der Waals surface area contributed by atoms with Crippen LogP contribution in [0, 0.1) is 17.8 Å². The minimum atomic E-state index is -1.61. The van der Waals surface area contributed by atoms with Crippen LogP contribution in [-0.4, -0.2) is 130 Å². The summed E-state index contributed by atoms with van der Waals surface area (Å²) >= 11 is 0. The Kier molecular flexibility index (Phi) is 28.8. The number of esters is 1. The Morgan fingerprint density at radius 1 is 0.543 bits per heavy atom. The number of nitrogens with zero attached hydrogens (tertiary/aromatic N) is 1. The Balaban J connectivity index is 2.41. The van der Waals surface area contributed by atoms with Gasteiger partial charge in [0, 0.05) is 6.54 Å². The van der Waals surface area contributed by atoms with Crippen LogP contribution >= 0.6 is 0 Å². The molecule has 2 heterocycles. The number of hydrogen-bond acceptors (Lipinski definition) is 11. The first-order chi connectivity index (χ1) is 33.1. The SMILES string of the molecule is CCCCCCCCCCCCCCCCCC1CC(=O)NC(C(C)O)C(=O)NC(C(C)C)C(=O)NC(C)C(=O)N2CCCC2C(=O)NC(C(C)CC)C(=O)NC(C(C)C)C(=O)NC(C(C)O)C(=O)O1. The molecule has 11 atom stereocenters. The molecule has 0 aromatic carbocycles. The number of fused-ring (bicyclic) bond motifs is 1. The van der Waals surface area contributed by atoms with Crippen molar-refractivity contribution in [2.75, 3.05) is 6.54 Å². The zero-order valence-electron chi connectivity index (χ0n) is 44.4. The summed E-state index contributed by atoms with van der Waals surface area (Å²) in [5.41, 5.74) is 0. The number of hydrogen-bond donors (Lipinski definition) is 8. The number of ether oxygens (including phenoxy) is 1. The number of cyclic esters (lactones) is 1. The molecule has 0 saturated carbocycles. The highest BCUT2D eigenvalue weighted by Crippen LogP contribution is 2.22. The fourth-order valence-electron chi connectivity index (χ4n) is 9.07. The quantitative estimate of drug-likeness (QED) is 0.0549. The highest BCUT2D eigenvalue weighted by Gasteiger charge is 2.41. The van der Waals surface area contributed by atoms with E-state index in [0.717, 1.165) is 32.1 Å². The molecule has 402 valence electrons. The maximum absolute atomic E-state index is 14.1. The second kappa shape index (κ2) is 32.6. The van der Waals surface area contributed by atoms with Gasteiger partial charge in [0.05, 0.1) is 18.6 Å². The monoisotopic (exact) mass is 992 g/mol. The molecule has 0 aliphatic carbocycles. The van der Waals surface area contributed by atoms with Crippen LogP contribution in [0.25, 0.3) is 0 Å². The second-order valence-electron chi connectivity index (χ2n) is 20.8. The van der Waals surface area contributed by atoms with Crippen molar-refractivity contribution in [2.24, 2.45) is 17.8 Å². The topological polar surface area (TPSA) is 262 Å². The van der Waals surface area contributed by atoms with Crippen molar-refractivity contribution in [1.29, 1.82) is 0 Å². The third-order valence-electron chi connectivity index (χ3n) is 13.8. The molecule has 70 heavy (non-hydrogen) atoms. The predicted octanol–water partition coefficient (Wildman–Crippen LogP) is 4.60. The summed E-state index contributed by atoms with van der Waals surface area (Å²) in [6.45, 7) is 16.8. The molecule has 2 aliphatic heterocycles. The summed E-state index contributed by atoms with van der Waals surface area (Å²) in [4.78, 5) is 112. The predicted molar refractivity (Wildman–Crippen MR) is 269 cm³/mol. The van der Waals surface area contributed by atoms with Crippen LogP contribution in [0.1, 0.15) is 198 Å². The molecule has 2 fully saturated rings. The minimum absolute atomic E-state index is 0.209. The minimum Gasteiger partial charge on any atom is -0.460 e. The third kappa shape index (κ3) is 21.2. The molecule has 0 radical (unpaired) electrons. The van der Waals surface area contributed by atoms with Crippen LogP contribution in [0.4, 0.5) is 0 Å². The first-order valence-corrected chi connectivity index (χ1v) is 26.8. The molecule has 0 aromatic rings. The van der Waals surface area contributed by atoms with Gasteiger partial charge in [0.2, 0.25) is 41.4 Å². The summed E-state index contributed by atoms with van der Waals surface area (Å²) < 4.78 is 5.89. The lowest BCUT2D eigenvalue weighted by Crippen LogP contribution is -2.61. The number of unbranched alkanes of at least 4 members (excludes halogenated alkanes) is 14. The Morgan fingerprint density at radius 2 is 0.971 bits per heavy atom. The van der Waals surface area contributed by atoms with Gasteiger partial charge >= 0.3 is 5.97 Å². The van der Waals surface area contributed by atoms with Crippen molar-refractivity contribution in [3.05, 3.63) is 0 Å². The molecule has 11 unspecified atom stereocenters. The van der Waals surface area contributed by atoms with Crippen LogP contribution in [0.3, 0.4) is 0 Å². The highest BCUT2D eigenvalue weighted by molar-refractivity contribution is 5.98. The van der Waals surface area contributed by atoms with Gasteiger partial charge in [-0.2, -0.15) is 0 Å². The Morgan fingerprint density at radius 3 is 1.44 bits per heavy atom. The van der Waals surface area contributed by atoms with Gasteiger partial charge in [-0.25, -0.2) is 4.79 Å². The Bertz CT molecular complexity index is 1660. The fraction of sp³-hybridized carbons (Fsp3) is 0.846. The lowest BCUT2D eigenvalue weighted by Gasteiger charge is -2.32. The second-order valence-corrected chi connectivity index (χ2v) is 20.8. The van der Waals surface area contributed by atoms with Crippen molar-refractivity contribution in [3.8, 4) is 0 Å². The number of aliphatic hydroxyl groups is 2. The summed E-state index contributed by atoms with van der Waals surface area (Å²) in [5.74, 6) is -7.39. The summed E-state index contributed by atoms with van der Waals surface area (Å²) in [7, 11) is 0. The highest BCUT2D eigenvalue weighted by atomic mass is 16.5. The molecule has 0 aromatic heterocycles. The molecular weight excluding hydrogens is 899 g/mol. The smallest absolute Gasteiger partial charge is 0.331 e. The van der Waals surface area contributed by atoms with E-state index in [1.54, 1.807) is 34.6 Å². The first-order valence-electron chi connectivity index (χ1n) is 26.8.